The van der Waals surface area contributed by atoms with Gasteiger partial charge in [0, 0.05) is 10.8 Å². The standard InChI is InChI=1S/C11H16O/c1-6-9(12)11(5)7(2)10(6,4)8(11)3/h7-8H,1H2,2-5H3. The molecular formula is C11H16O. The van der Waals surface area contributed by atoms with Gasteiger partial charge in [0.2, 0.25) is 0 Å². The van der Waals surface area contributed by atoms with E-state index in [0.717, 1.165) is 5.57 Å². The molecule has 0 aromatic heterocycles. The van der Waals surface area contributed by atoms with Crippen LogP contribution >= 0.6 is 0 Å². The van der Waals surface area contributed by atoms with Crippen LogP contribution in [0.1, 0.15) is 27.7 Å². The van der Waals surface area contributed by atoms with Crippen molar-refractivity contribution in [3.8, 4) is 0 Å². The number of fused-ring (bicyclic) bond motifs is 1. The molecule has 2 unspecified atom stereocenters. The average molecular weight is 164 g/mol. The number of carbonyl (C=O) groups is 1. The lowest BCUT2D eigenvalue weighted by Gasteiger charge is -2.55. The molecule has 3 rings (SSSR count). The molecule has 3 fully saturated rings. The van der Waals surface area contributed by atoms with E-state index in [0.29, 0.717) is 17.6 Å². The van der Waals surface area contributed by atoms with Crippen molar-refractivity contribution >= 4 is 5.78 Å². The fourth-order valence-electron chi connectivity index (χ4n) is 3.39. The summed E-state index contributed by atoms with van der Waals surface area (Å²) in [4.78, 5) is 11.8. The number of allylic oxidation sites excluding steroid dienone is 1. The zero-order valence-electron chi connectivity index (χ0n) is 8.27. The Morgan fingerprint density at radius 2 is 1.58 bits per heavy atom. The van der Waals surface area contributed by atoms with Crippen LogP contribution in [0, 0.1) is 22.7 Å². The van der Waals surface area contributed by atoms with Gasteiger partial charge >= 0.3 is 0 Å². The lowest BCUT2D eigenvalue weighted by molar-refractivity contribution is -0.140. The van der Waals surface area contributed by atoms with Gasteiger partial charge in [-0.15, -0.1) is 0 Å². The summed E-state index contributed by atoms with van der Waals surface area (Å²) in [6, 6.07) is 0. The SMILES string of the molecule is C=C1C(=O)C2(C)C(C)C1(C)C2C. The first-order valence-electron chi connectivity index (χ1n) is 4.62. The minimum absolute atomic E-state index is 0.0914. The van der Waals surface area contributed by atoms with Gasteiger partial charge in [0.05, 0.1) is 0 Å². The van der Waals surface area contributed by atoms with E-state index in [4.69, 9.17) is 0 Å². The quantitative estimate of drug-likeness (QED) is 0.502. The Morgan fingerprint density at radius 1 is 1.17 bits per heavy atom. The molecule has 3 saturated carbocycles. The van der Waals surface area contributed by atoms with Gasteiger partial charge in [-0.1, -0.05) is 34.3 Å². The summed E-state index contributed by atoms with van der Waals surface area (Å²) < 4.78 is 0. The summed E-state index contributed by atoms with van der Waals surface area (Å²) in [6.45, 7) is 12.5. The molecule has 0 aliphatic heterocycles. The van der Waals surface area contributed by atoms with E-state index in [1.54, 1.807) is 0 Å². The molecule has 0 radical (unpaired) electrons. The third-order valence-corrected chi connectivity index (χ3v) is 5.01. The molecule has 0 aromatic rings. The number of rotatable bonds is 0. The molecule has 1 heteroatoms. The van der Waals surface area contributed by atoms with E-state index in [1.807, 2.05) is 0 Å². The molecule has 12 heavy (non-hydrogen) atoms. The summed E-state index contributed by atoms with van der Waals surface area (Å²) in [5.74, 6) is 1.28. The fraction of sp³-hybridized carbons (Fsp3) is 0.727. The van der Waals surface area contributed by atoms with E-state index < -0.39 is 0 Å². The van der Waals surface area contributed by atoms with Gasteiger partial charge in [0.1, 0.15) is 0 Å². The molecule has 0 amide bonds. The first-order chi connectivity index (χ1) is 5.37. The van der Waals surface area contributed by atoms with E-state index in [9.17, 15) is 4.79 Å². The summed E-state index contributed by atoms with van der Waals surface area (Å²) in [5, 5.41) is 0. The molecule has 0 N–H and O–H groups in total. The molecule has 0 heterocycles. The van der Waals surface area contributed by atoms with Crippen LogP contribution < -0.4 is 0 Å². The third kappa shape index (κ3) is 0.429. The van der Waals surface area contributed by atoms with Crippen LogP contribution in [-0.4, -0.2) is 5.78 Å². The highest BCUT2D eigenvalue weighted by atomic mass is 16.1. The Bertz CT molecular complexity index is 249. The first-order valence-corrected chi connectivity index (χ1v) is 4.62. The number of ketones is 1. The predicted molar refractivity (Wildman–Crippen MR) is 48.7 cm³/mol. The molecule has 2 atom stereocenters. The number of Topliss-reactive ketones (excluding diaryl/α,β-unsaturated/α-hetero) is 1. The molecule has 0 spiro atoms. The van der Waals surface area contributed by atoms with Gasteiger partial charge in [0.15, 0.2) is 5.78 Å². The lowest BCUT2D eigenvalue weighted by Crippen LogP contribution is -2.53. The minimum Gasteiger partial charge on any atom is -0.294 e. The third-order valence-electron chi connectivity index (χ3n) is 5.01. The monoisotopic (exact) mass is 164 g/mol. The minimum atomic E-state index is -0.0914. The van der Waals surface area contributed by atoms with E-state index in [-0.39, 0.29) is 10.8 Å². The Labute approximate surface area is 73.8 Å². The van der Waals surface area contributed by atoms with Crippen molar-refractivity contribution in [3.63, 3.8) is 0 Å². The summed E-state index contributed by atoms with van der Waals surface area (Å²) in [6.07, 6.45) is 0. The molecule has 1 nitrogen and oxygen atoms in total. The fourth-order valence-corrected chi connectivity index (χ4v) is 3.39. The van der Waals surface area contributed by atoms with Gasteiger partial charge in [0.25, 0.3) is 0 Å². The lowest BCUT2D eigenvalue weighted by atomic mass is 9.47. The van der Waals surface area contributed by atoms with Gasteiger partial charge in [-0.05, 0) is 17.4 Å². The van der Waals surface area contributed by atoms with Gasteiger partial charge in [-0.2, -0.15) is 0 Å². The van der Waals surface area contributed by atoms with Crippen molar-refractivity contribution in [3.05, 3.63) is 12.2 Å². The second-order valence-electron chi connectivity index (χ2n) is 4.82. The average Bonchev–Trinajstić information content (AvgIpc) is 2.28. The predicted octanol–water partition coefficient (Wildman–Crippen LogP) is 2.42. The van der Waals surface area contributed by atoms with Crippen molar-refractivity contribution in [2.75, 3.05) is 0 Å². The van der Waals surface area contributed by atoms with Crippen LogP contribution in [0.15, 0.2) is 12.2 Å². The second kappa shape index (κ2) is 1.68. The van der Waals surface area contributed by atoms with E-state index >= 15 is 0 Å². The van der Waals surface area contributed by atoms with Crippen molar-refractivity contribution in [2.45, 2.75) is 27.7 Å². The Hall–Kier alpha value is -0.590. The van der Waals surface area contributed by atoms with Gasteiger partial charge < -0.3 is 0 Å². The maximum atomic E-state index is 11.8. The highest BCUT2D eigenvalue weighted by Crippen LogP contribution is 2.73. The van der Waals surface area contributed by atoms with Crippen LogP contribution in [0.3, 0.4) is 0 Å². The summed E-state index contributed by atoms with van der Waals surface area (Å²) >= 11 is 0. The largest absolute Gasteiger partial charge is 0.294 e. The topological polar surface area (TPSA) is 17.1 Å². The number of hydrogen-bond donors (Lipinski definition) is 0. The number of hydrogen-bond acceptors (Lipinski definition) is 1. The molecule has 3 aliphatic carbocycles. The maximum Gasteiger partial charge on any atom is 0.165 e. The molecular weight excluding hydrogens is 148 g/mol. The zero-order chi connectivity index (χ0) is 9.31. The van der Waals surface area contributed by atoms with E-state index in [1.165, 1.54) is 0 Å². The molecule has 0 saturated heterocycles. The van der Waals surface area contributed by atoms with Crippen molar-refractivity contribution in [1.82, 2.24) is 0 Å². The Balaban J connectivity index is 2.59. The molecule has 0 aromatic carbocycles. The van der Waals surface area contributed by atoms with E-state index in [2.05, 4.69) is 34.3 Å². The highest BCUT2D eigenvalue weighted by Gasteiger charge is 2.73. The van der Waals surface area contributed by atoms with Crippen molar-refractivity contribution in [2.24, 2.45) is 22.7 Å². The van der Waals surface area contributed by atoms with Crippen LogP contribution in [0.25, 0.3) is 0 Å². The molecule has 3 aliphatic rings. The van der Waals surface area contributed by atoms with Gasteiger partial charge in [-0.25, -0.2) is 0 Å². The van der Waals surface area contributed by atoms with Crippen LogP contribution in [0.4, 0.5) is 0 Å². The van der Waals surface area contributed by atoms with Gasteiger partial charge in [-0.3, -0.25) is 4.79 Å². The maximum absolute atomic E-state index is 11.8. The zero-order valence-corrected chi connectivity index (χ0v) is 8.27. The molecule has 66 valence electrons. The van der Waals surface area contributed by atoms with Crippen molar-refractivity contribution < 1.29 is 4.79 Å². The normalized spacial score (nSPS) is 57.3. The van der Waals surface area contributed by atoms with Crippen LogP contribution in [0.2, 0.25) is 0 Å². The smallest absolute Gasteiger partial charge is 0.165 e. The van der Waals surface area contributed by atoms with Crippen molar-refractivity contribution in [1.29, 1.82) is 0 Å². The number of carbonyl (C=O) groups excluding carboxylic acids is 1. The highest BCUT2D eigenvalue weighted by molar-refractivity contribution is 6.07. The summed E-state index contributed by atoms with van der Waals surface area (Å²) in [7, 11) is 0. The van der Waals surface area contributed by atoms with Crippen LogP contribution in [0.5, 0.6) is 0 Å². The molecule has 2 bridgehead atoms. The van der Waals surface area contributed by atoms with Crippen LogP contribution in [-0.2, 0) is 4.79 Å². The Morgan fingerprint density at radius 3 is 1.67 bits per heavy atom. The first kappa shape index (κ1) is 8.03. The summed E-state index contributed by atoms with van der Waals surface area (Å²) in [5.41, 5.74) is 0.877. The second-order valence-corrected chi connectivity index (χ2v) is 4.82. The Kier molecular flexibility index (Phi) is 1.13.